The Kier molecular flexibility index (Phi) is 5.03. The fraction of sp³-hybridized carbons (Fsp3) is 0.429. The molecule has 2 atom stereocenters. The maximum Gasteiger partial charge on any atom is 0.241 e. The monoisotopic (exact) mass is 355 g/mol. The Morgan fingerprint density at radius 2 is 2.40 bits per heavy atom. The number of carbonyl (C=O) groups is 1. The highest BCUT2D eigenvalue weighted by molar-refractivity contribution is 9.10. The van der Waals surface area contributed by atoms with E-state index in [0.29, 0.717) is 16.6 Å². The minimum absolute atomic E-state index is 0.107. The minimum atomic E-state index is -0.264. The van der Waals surface area contributed by atoms with Gasteiger partial charge in [-0.2, -0.15) is 5.26 Å². The smallest absolute Gasteiger partial charge is 0.241 e. The molecule has 0 spiro atoms. The summed E-state index contributed by atoms with van der Waals surface area (Å²) in [7, 11) is 0. The molecule has 0 aromatic heterocycles. The molecule has 2 rings (SSSR count). The van der Waals surface area contributed by atoms with Crippen molar-refractivity contribution >= 4 is 39.1 Å². The summed E-state index contributed by atoms with van der Waals surface area (Å²) < 4.78 is 0.853. The molecule has 1 aromatic carbocycles. The second-order valence-electron chi connectivity index (χ2n) is 5.06. The van der Waals surface area contributed by atoms with Crippen LogP contribution in [0.5, 0.6) is 0 Å². The van der Waals surface area contributed by atoms with Crippen molar-refractivity contribution in [3.8, 4) is 6.07 Å². The molecule has 0 aliphatic carbocycles. The molecule has 1 aliphatic heterocycles. The summed E-state index contributed by atoms with van der Waals surface area (Å²) in [6.07, 6.45) is 0.763. The molecule has 0 radical (unpaired) electrons. The zero-order valence-corrected chi connectivity index (χ0v) is 13.4. The van der Waals surface area contributed by atoms with Gasteiger partial charge in [-0.3, -0.25) is 9.69 Å². The third-order valence-corrected chi connectivity index (χ3v) is 4.20. The highest BCUT2D eigenvalue weighted by atomic mass is 79.9. The average Bonchev–Trinajstić information content (AvgIpc) is 2.75. The normalized spacial score (nSPS) is 22.5. The van der Waals surface area contributed by atoms with Crippen molar-refractivity contribution in [1.82, 2.24) is 4.90 Å². The molecule has 20 heavy (non-hydrogen) atoms. The van der Waals surface area contributed by atoms with Gasteiger partial charge in [-0.1, -0.05) is 34.5 Å². The lowest BCUT2D eigenvalue weighted by atomic mass is 10.1. The van der Waals surface area contributed by atoms with Crippen molar-refractivity contribution < 1.29 is 4.79 Å². The van der Waals surface area contributed by atoms with E-state index in [0.717, 1.165) is 17.4 Å². The number of benzene rings is 1. The molecule has 4 nitrogen and oxygen atoms in total. The van der Waals surface area contributed by atoms with Crippen LogP contribution in [0.25, 0.3) is 0 Å². The second-order valence-corrected chi connectivity index (χ2v) is 6.38. The van der Waals surface area contributed by atoms with Crippen LogP contribution in [0.15, 0.2) is 22.7 Å². The van der Waals surface area contributed by atoms with Crippen LogP contribution >= 0.6 is 27.5 Å². The third-order valence-electron chi connectivity index (χ3n) is 3.38. The van der Waals surface area contributed by atoms with E-state index in [1.807, 2.05) is 11.0 Å². The SMILES string of the molecule is C[C@H]1C[C@@H](C(=O)Nc2cc(Br)ccc2Cl)N(CC#N)C1. The van der Waals surface area contributed by atoms with Crippen molar-refractivity contribution in [2.45, 2.75) is 19.4 Å². The van der Waals surface area contributed by atoms with E-state index < -0.39 is 0 Å². The van der Waals surface area contributed by atoms with Gasteiger partial charge in [0.05, 0.1) is 29.4 Å². The number of likely N-dealkylation sites (tertiary alicyclic amines) is 1. The molecule has 1 aromatic rings. The lowest BCUT2D eigenvalue weighted by Crippen LogP contribution is -2.39. The Bertz CT molecular complexity index is 558. The molecular weight excluding hydrogens is 342 g/mol. The van der Waals surface area contributed by atoms with Crippen LogP contribution in [0.2, 0.25) is 5.02 Å². The lowest BCUT2D eigenvalue weighted by molar-refractivity contribution is -0.120. The highest BCUT2D eigenvalue weighted by Gasteiger charge is 2.34. The number of hydrogen-bond acceptors (Lipinski definition) is 3. The fourth-order valence-electron chi connectivity index (χ4n) is 2.48. The van der Waals surface area contributed by atoms with Crippen molar-refractivity contribution in [2.24, 2.45) is 5.92 Å². The van der Waals surface area contributed by atoms with E-state index >= 15 is 0 Å². The van der Waals surface area contributed by atoms with Crippen molar-refractivity contribution in [3.63, 3.8) is 0 Å². The number of nitriles is 1. The van der Waals surface area contributed by atoms with Gasteiger partial charge in [0.15, 0.2) is 0 Å². The lowest BCUT2D eigenvalue weighted by Gasteiger charge is -2.21. The number of hydrogen-bond donors (Lipinski definition) is 1. The Morgan fingerprint density at radius 1 is 1.65 bits per heavy atom. The summed E-state index contributed by atoms with van der Waals surface area (Å²) in [5, 5.41) is 12.2. The van der Waals surface area contributed by atoms with Crippen LogP contribution in [0.4, 0.5) is 5.69 Å². The van der Waals surface area contributed by atoms with Gasteiger partial charge in [0.2, 0.25) is 5.91 Å². The topological polar surface area (TPSA) is 56.1 Å². The molecule has 1 saturated heterocycles. The number of carbonyl (C=O) groups excluding carboxylic acids is 1. The summed E-state index contributed by atoms with van der Waals surface area (Å²) >= 11 is 9.42. The third kappa shape index (κ3) is 3.51. The van der Waals surface area contributed by atoms with Crippen LogP contribution in [0.1, 0.15) is 13.3 Å². The van der Waals surface area contributed by atoms with Gasteiger partial charge in [-0.15, -0.1) is 0 Å². The van der Waals surface area contributed by atoms with Crippen LogP contribution in [0, 0.1) is 17.2 Å². The van der Waals surface area contributed by atoms with E-state index in [9.17, 15) is 4.79 Å². The second kappa shape index (κ2) is 6.57. The predicted molar refractivity (Wildman–Crippen MR) is 82.5 cm³/mol. The number of rotatable bonds is 3. The first-order valence-electron chi connectivity index (χ1n) is 6.38. The molecule has 1 fully saturated rings. The summed E-state index contributed by atoms with van der Waals surface area (Å²) in [6, 6.07) is 7.16. The molecular formula is C14H15BrClN3O. The first kappa shape index (κ1) is 15.3. The molecule has 1 amide bonds. The number of halogens is 2. The maximum atomic E-state index is 12.4. The molecule has 0 bridgehead atoms. The van der Waals surface area contributed by atoms with E-state index in [4.69, 9.17) is 16.9 Å². The molecule has 1 N–H and O–H groups in total. The van der Waals surface area contributed by atoms with Crippen molar-refractivity contribution in [2.75, 3.05) is 18.4 Å². The first-order valence-corrected chi connectivity index (χ1v) is 7.55. The van der Waals surface area contributed by atoms with Crippen molar-refractivity contribution in [1.29, 1.82) is 5.26 Å². The Labute approximate surface area is 131 Å². The van der Waals surface area contributed by atoms with Gasteiger partial charge < -0.3 is 5.32 Å². The summed E-state index contributed by atoms with van der Waals surface area (Å²) in [5.41, 5.74) is 0.586. The van der Waals surface area contributed by atoms with Gasteiger partial charge in [-0.25, -0.2) is 0 Å². The minimum Gasteiger partial charge on any atom is -0.323 e. The Morgan fingerprint density at radius 3 is 3.10 bits per heavy atom. The van der Waals surface area contributed by atoms with Gasteiger partial charge in [0.1, 0.15) is 0 Å². The Hall–Kier alpha value is -1.09. The summed E-state index contributed by atoms with van der Waals surface area (Å²) in [4.78, 5) is 14.3. The van der Waals surface area contributed by atoms with Crippen molar-refractivity contribution in [3.05, 3.63) is 27.7 Å². The number of nitrogens with zero attached hydrogens (tertiary/aromatic N) is 2. The highest BCUT2D eigenvalue weighted by Crippen LogP contribution is 2.28. The van der Waals surface area contributed by atoms with Gasteiger partial charge >= 0.3 is 0 Å². The average molecular weight is 357 g/mol. The molecule has 106 valence electrons. The number of amides is 1. The quantitative estimate of drug-likeness (QED) is 0.846. The van der Waals surface area contributed by atoms with E-state index in [2.05, 4.69) is 34.2 Å². The van der Waals surface area contributed by atoms with Crippen LogP contribution in [-0.2, 0) is 4.79 Å². The summed E-state index contributed by atoms with van der Waals surface area (Å²) in [5.74, 6) is 0.307. The fourth-order valence-corrected chi connectivity index (χ4v) is 3.01. The summed E-state index contributed by atoms with van der Waals surface area (Å²) in [6.45, 7) is 3.14. The Balaban J connectivity index is 2.11. The number of nitrogens with one attached hydrogen (secondary N) is 1. The van der Waals surface area contributed by atoms with E-state index in [1.54, 1.807) is 12.1 Å². The zero-order chi connectivity index (χ0) is 14.7. The standard InChI is InChI=1S/C14H15BrClN3O/c1-9-6-13(19(8-9)5-4-17)14(20)18-12-7-10(15)2-3-11(12)16/h2-3,7,9,13H,5-6,8H2,1H3,(H,18,20)/t9-,13-/m0/s1. The maximum absolute atomic E-state index is 12.4. The zero-order valence-electron chi connectivity index (χ0n) is 11.1. The van der Waals surface area contributed by atoms with Crippen LogP contribution < -0.4 is 5.32 Å². The van der Waals surface area contributed by atoms with E-state index in [1.165, 1.54) is 0 Å². The molecule has 6 heteroatoms. The first-order chi connectivity index (χ1) is 9.51. The molecule has 0 unspecified atom stereocenters. The van der Waals surface area contributed by atoms with E-state index in [-0.39, 0.29) is 18.5 Å². The van der Waals surface area contributed by atoms with Gasteiger partial charge in [0, 0.05) is 11.0 Å². The largest absolute Gasteiger partial charge is 0.323 e. The molecule has 1 aliphatic rings. The van der Waals surface area contributed by atoms with Crippen LogP contribution in [0.3, 0.4) is 0 Å². The number of anilines is 1. The predicted octanol–water partition coefficient (Wildman–Crippen LogP) is 3.27. The van der Waals surface area contributed by atoms with Gasteiger partial charge in [0.25, 0.3) is 0 Å². The molecule has 1 heterocycles. The molecule has 0 saturated carbocycles. The van der Waals surface area contributed by atoms with Crippen LogP contribution in [-0.4, -0.2) is 29.9 Å². The van der Waals surface area contributed by atoms with Gasteiger partial charge in [-0.05, 0) is 30.5 Å².